The molecular weight excluding hydrogens is 330 g/mol. The summed E-state index contributed by atoms with van der Waals surface area (Å²) in [7, 11) is 1.65. The van der Waals surface area contributed by atoms with Crippen LogP contribution in [0.25, 0.3) is 0 Å². The highest BCUT2D eigenvalue weighted by Crippen LogP contribution is 2.27. The lowest BCUT2D eigenvalue weighted by Crippen LogP contribution is -2.19. The van der Waals surface area contributed by atoms with Crippen molar-refractivity contribution in [1.82, 2.24) is 9.78 Å². The number of rotatable bonds is 5. The van der Waals surface area contributed by atoms with Crippen LogP contribution in [0.4, 0.5) is 0 Å². The lowest BCUT2D eigenvalue weighted by Gasteiger charge is -2.15. The SMILES string of the molecule is COCCn1ncc(Cl)c1C(N)c1cccc(Br)c1. The quantitative estimate of drug-likeness (QED) is 0.907. The fourth-order valence-corrected chi connectivity index (χ4v) is 2.57. The van der Waals surface area contributed by atoms with Crippen LogP contribution >= 0.6 is 27.5 Å². The number of hydrogen-bond acceptors (Lipinski definition) is 3. The van der Waals surface area contributed by atoms with Crippen LogP contribution in [0.5, 0.6) is 0 Å². The van der Waals surface area contributed by atoms with Gasteiger partial charge in [-0.2, -0.15) is 5.10 Å². The maximum absolute atomic E-state index is 6.30. The molecule has 0 amide bonds. The van der Waals surface area contributed by atoms with Gasteiger partial charge in [-0.1, -0.05) is 39.7 Å². The van der Waals surface area contributed by atoms with Gasteiger partial charge in [0, 0.05) is 11.6 Å². The number of halogens is 2. The fraction of sp³-hybridized carbons (Fsp3) is 0.308. The third-order valence-corrected chi connectivity index (χ3v) is 3.63. The van der Waals surface area contributed by atoms with Gasteiger partial charge in [0.25, 0.3) is 0 Å². The lowest BCUT2D eigenvalue weighted by atomic mass is 10.0. The Hall–Kier alpha value is -0.880. The van der Waals surface area contributed by atoms with Crippen molar-refractivity contribution in [3.63, 3.8) is 0 Å². The normalized spacial score (nSPS) is 12.6. The van der Waals surface area contributed by atoms with E-state index in [1.165, 1.54) is 0 Å². The molecule has 0 bridgehead atoms. The molecule has 1 atom stereocenters. The Kier molecular flexibility index (Phi) is 4.99. The summed E-state index contributed by atoms with van der Waals surface area (Å²) in [6, 6.07) is 7.54. The molecule has 1 heterocycles. The molecule has 0 spiro atoms. The van der Waals surface area contributed by atoms with Crippen LogP contribution in [0.3, 0.4) is 0 Å². The first kappa shape index (κ1) is 14.5. The molecule has 0 radical (unpaired) electrons. The molecule has 6 heteroatoms. The van der Waals surface area contributed by atoms with Gasteiger partial charge < -0.3 is 10.5 Å². The van der Waals surface area contributed by atoms with Crippen molar-refractivity contribution >= 4 is 27.5 Å². The van der Waals surface area contributed by atoms with Gasteiger partial charge in [-0.15, -0.1) is 0 Å². The van der Waals surface area contributed by atoms with Crippen LogP contribution in [-0.4, -0.2) is 23.5 Å². The van der Waals surface area contributed by atoms with Crippen molar-refractivity contribution in [2.24, 2.45) is 5.73 Å². The molecule has 1 aromatic carbocycles. The molecule has 1 aromatic heterocycles. The molecule has 2 aromatic rings. The Balaban J connectivity index is 2.32. The maximum Gasteiger partial charge on any atom is 0.0837 e. The summed E-state index contributed by atoms with van der Waals surface area (Å²) in [5, 5.41) is 4.81. The van der Waals surface area contributed by atoms with Crippen molar-refractivity contribution in [2.75, 3.05) is 13.7 Å². The third kappa shape index (κ3) is 3.36. The first-order valence-electron chi connectivity index (χ1n) is 5.84. The average molecular weight is 345 g/mol. The lowest BCUT2D eigenvalue weighted by molar-refractivity contribution is 0.182. The van der Waals surface area contributed by atoms with Crippen LogP contribution in [0.2, 0.25) is 5.02 Å². The molecular formula is C13H15BrClN3O. The molecule has 4 nitrogen and oxygen atoms in total. The van der Waals surface area contributed by atoms with E-state index in [0.29, 0.717) is 18.2 Å². The van der Waals surface area contributed by atoms with Gasteiger partial charge in [0.05, 0.1) is 36.1 Å². The van der Waals surface area contributed by atoms with Crippen molar-refractivity contribution in [3.8, 4) is 0 Å². The summed E-state index contributed by atoms with van der Waals surface area (Å²) in [4.78, 5) is 0. The van der Waals surface area contributed by atoms with Crippen molar-refractivity contribution in [1.29, 1.82) is 0 Å². The standard InChI is InChI=1S/C13H15BrClN3O/c1-19-6-5-18-13(11(15)8-17-18)12(16)9-3-2-4-10(14)7-9/h2-4,7-8,12H,5-6,16H2,1H3. The van der Waals surface area contributed by atoms with Gasteiger partial charge in [-0.3, -0.25) is 4.68 Å². The average Bonchev–Trinajstić information content (AvgIpc) is 2.76. The third-order valence-electron chi connectivity index (χ3n) is 2.84. The van der Waals surface area contributed by atoms with Crippen LogP contribution in [0, 0.1) is 0 Å². The number of aromatic nitrogens is 2. The minimum absolute atomic E-state index is 0.315. The van der Waals surface area contributed by atoms with Gasteiger partial charge >= 0.3 is 0 Å². The second kappa shape index (κ2) is 6.52. The first-order valence-corrected chi connectivity index (χ1v) is 7.01. The summed E-state index contributed by atoms with van der Waals surface area (Å²) in [5.74, 6) is 0. The Morgan fingerprint density at radius 2 is 2.32 bits per heavy atom. The van der Waals surface area contributed by atoms with E-state index in [1.807, 2.05) is 24.3 Å². The van der Waals surface area contributed by atoms with E-state index in [4.69, 9.17) is 22.1 Å². The largest absolute Gasteiger partial charge is 0.383 e. The number of methoxy groups -OCH3 is 1. The van der Waals surface area contributed by atoms with E-state index < -0.39 is 0 Å². The summed E-state index contributed by atoms with van der Waals surface area (Å²) < 4.78 is 7.84. The minimum Gasteiger partial charge on any atom is -0.383 e. The molecule has 102 valence electrons. The van der Waals surface area contributed by atoms with Gasteiger partial charge in [0.1, 0.15) is 0 Å². The molecule has 0 aliphatic heterocycles. The predicted octanol–water partition coefficient (Wildman–Crippen LogP) is 2.99. The van der Waals surface area contributed by atoms with E-state index in [0.717, 1.165) is 15.7 Å². The Bertz CT molecular complexity index is 559. The molecule has 2 rings (SSSR count). The molecule has 1 unspecified atom stereocenters. The minimum atomic E-state index is -0.315. The molecule has 0 saturated carbocycles. The zero-order chi connectivity index (χ0) is 13.8. The summed E-state index contributed by atoms with van der Waals surface area (Å²) in [6.07, 6.45) is 1.62. The van der Waals surface area contributed by atoms with E-state index in [9.17, 15) is 0 Å². The van der Waals surface area contributed by atoms with Crippen LogP contribution in [0.15, 0.2) is 34.9 Å². The van der Waals surface area contributed by atoms with Crippen LogP contribution in [0.1, 0.15) is 17.3 Å². The smallest absolute Gasteiger partial charge is 0.0837 e. The van der Waals surface area contributed by atoms with Gasteiger partial charge in [-0.25, -0.2) is 0 Å². The van der Waals surface area contributed by atoms with Gasteiger partial charge in [-0.05, 0) is 17.7 Å². The first-order chi connectivity index (χ1) is 9.13. The molecule has 19 heavy (non-hydrogen) atoms. The zero-order valence-electron chi connectivity index (χ0n) is 10.5. The molecule has 0 aliphatic rings. The van der Waals surface area contributed by atoms with Crippen LogP contribution in [-0.2, 0) is 11.3 Å². The summed E-state index contributed by atoms with van der Waals surface area (Å²) in [5.41, 5.74) is 8.08. The van der Waals surface area contributed by atoms with Crippen molar-refractivity contribution in [3.05, 3.63) is 51.2 Å². The number of benzene rings is 1. The number of ether oxygens (including phenoxy) is 1. The zero-order valence-corrected chi connectivity index (χ0v) is 12.9. The van der Waals surface area contributed by atoms with Crippen molar-refractivity contribution < 1.29 is 4.74 Å². The van der Waals surface area contributed by atoms with Crippen LogP contribution < -0.4 is 5.73 Å². The summed E-state index contributed by atoms with van der Waals surface area (Å²) in [6.45, 7) is 1.19. The Morgan fingerprint density at radius 1 is 1.53 bits per heavy atom. The van der Waals surface area contributed by atoms with Gasteiger partial charge in [0.15, 0.2) is 0 Å². The molecule has 0 aliphatic carbocycles. The monoisotopic (exact) mass is 343 g/mol. The Morgan fingerprint density at radius 3 is 3.00 bits per heavy atom. The summed E-state index contributed by atoms with van der Waals surface area (Å²) >= 11 is 9.63. The highest BCUT2D eigenvalue weighted by Gasteiger charge is 2.18. The van der Waals surface area contributed by atoms with Gasteiger partial charge in [0.2, 0.25) is 0 Å². The van der Waals surface area contributed by atoms with E-state index >= 15 is 0 Å². The number of nitrogens with two attached hydrogens (primary N) is 1. The topological polar surface area (TPSA) is 53.1 Å². The second-order valence-corrected chi connectivity index (χ2v) is 5.45. The fourth-order valence-electron chi connectivity index (χ4n) is 1.89. The number of hydrogen-bond donors (Lipinski definition) is 1. The molecule has 0 saturated heterocycles. The Labute approximate surface area is 125 Å². The molecule has 2 N–H and O–H groups in total. The highest BCUT2D eigenvalue weighted by atomic mass is 79.9. The molecule has 0 fully saturated rings. The predicted molar refractivity (Wildman–Crippen MR) is 79.3 cm³/mol. The van der Waals surface area contributed by atoms with E-state index in [-0.39, 0.29) is 6.04 Å². The highest BCUT2D eigenvalue weighted by molar-refractivity contribution is 9.10. The van der Waals surface area contributed by atoms with Crippen molar-refractivity contribution in [2.45, 2.75) is 12.6 Å². The number of nitrogens with zero attached hydrogens (tertiary/aromatic N) is 2. The van der Waals surface area contributed by atoms with E-state index in [1.54, 1.807) is 18.0 Å². The van der Waals surface area contributed by atoms with E-state index in [2.05, 4.69) is 21.0 Å². The maximum atomic E-state index is 6.30. The second-order valence-electron chi connectivity index (χ2n) is 4.13.